The van der Waals surface area contributed by atoms with Gasteiger partial charge in [0.15, 0.2) is 0 Å². The molecule has 0 atom stereocenters. The van der Waals surface area contributed by atoms with Crippen molar-refractivity contribution in [2.24, 2.45) is 0 Å². The molecular weight excluding hydrogens is 343 g/mol. The van der Waals surface area contributed by atoms with Crippen LogP contribution in [-0.4, -0.2) is 52.4 Å². The number of carboxylic acid groups (broad SMARTS) is 2. The van der Waals surface area contributed by atoms with Crippen LogP contribution in [0.15, 0.2) is 0 Å². The van der Waals surface area contributed by atoms with E-state index in [-0.39, 0.29) is 0 Å². The molecule has 4 nitrogen and oxygen atoms in total. The molecule has 8 heavy (non-hydrogen) atoms. The van der Waals surface area contributed by atoms with E-state index in [1.807, 2.05) is 0 Å². The third-order valence-electron chi connectivity index (χ3n) is 0.184. The van der Waals surface area contributed by atoms with Gasteiger partial charge in [-0.2, -0.15) is 0 Å². The van der Waals surface area contributed by atoms with Crippen LogP contribution in [0.4, 0.5) is 9.59 Å². The predicted molar refractivity (Wildman–Crippen MR) is 27.6 cm³/mol. The van der Waals surface area contributed by atoms with Crippen LogP contribution in [-0.2, 0) is 0 Å². The predicted octanol–water partition coefficient (Wildman–Crippen LogP) is -0.334. The molecule has 0 aromatic carbocycles. The number of hydrogen-bond acceptors (Lipinski definition) is 2. The molecule has 0 spiro atoms. The van der Waals surface area contributed by atoms with E-state index >= 15 is 0 Å². The Labute approximate surface area is 61.6 Å². The monoisotopic (exact) mass is 350 g/mol. The summed E-state index contributed by atoms with van der Waals surface area (Å²) in [7, 11) is 0. The van der Waals surface area contributed by atoms with Gasteiger partial charge in [0.1, 0.15) is 0 Å². The van der Waals surface area contributed by atoms with Crippen molar-refractivity contribution in [3.8, 4) is 0 Å². The van der Waals surface area contributed by atoms with Crippen LogP contribution in [0.25, 0.3) is 0 Å². The first kappa shape index (κ1) is 8.52. The molecule has 0 aliphatic heterocycles. The average Bonchev–Trinajstić information content (AvgIpc) is 1.61. The minimum atomic E-state index is -1.18. The second-order valence-electron chi connectivity index (χ2n) is 0.698. The summed E-state index contributed by atoms with van der Waals surface area (Å²) in [5.41, 5.74) is 0. The van der Waals surface area contributed by atoms with Crippen molar-refractivity contribution in [3.05, 3.63) is 0 Å². The summed E-state index contributed by atoms with van der Waals surface area (Å²) in [6, 6.07) is 0. The summed E-state index contributed by atoms with van der Waals surface area (Å²) in [5.74, 6) is 0. The second kappa shape index (κ2) is 4.40. The van der Waals surface area contributed by atoms with Crippen molar-refractivity contribution < 1.29 is 19.8 Å². The summed E-state index contributed by atoms with van der Waals surface area (Å²) in [6.07, 6.45) is 0. The van der Waals surface area contributed by atoms with Crippen molar-refractivity contribution in [1.82, 2.24) is 0 Å². The van der Waals surface area contributed by atoms with Gasteiger partial charge in [0.25, 0.3) is 0 Å². The SMILES string of the molecule is O=C(O)[Te][Te]C(=O)O. The molecule has 0 amide bonds. The van der Waals surface area contributed by atoms with E-state index in [1.165, 1.54) is 0 Å². The Morgan fingerprint density at radius 3 is 1.38 bits per heavy atom. The van der Waals surface area contributed by atoms with Crippen LogP contribution in [0.5, 0.6) is 0 Å². The Morgan fingerprint density at radius 1 is 1.00 bits per heavy atom. The first-order valence-corrected chi connectivity index (χ1v) is 11.1. The maximum absolute atomic E-state index is 9.73. The molecule has 0 aliphatic carbocycles. The van der Waals surface area contributed by atoms with Crippen molar-refractivity contribution in [2.75, 3.05) is 0 Å². The summed E-state index contributed by atoms with van der Waals surface area (Å²) in [5, 5.41) is 16.0. The Kier molecular flexibility index (Phi) is 4.69. The Hall–Kier alpha value is 0.519. The zero-order valence-corrected chi connectivity index (χ0v) is 8.19. The van der Waals surface area contributed by atoms with E-state index in [1.54, 1.807) is 0 Å². The normalized spacial score (nSPS) is 8.50. The quantitative estimate of drug-likeness (QED) is 0.687. The van der Waals surface area contributed by atoms with E-state index in [4.69, 9.17) is 10.2 Å². The third-order valence-corrected chi connectivity index (χ3v) is 8.29. The third kappa shape index (κ3) is 6.52. The van der Waals surface area contributed by atoms with Gasteiger partial charge in [-0.1, -0.05) is 0 Å². The first-order chi connectivity index (χ1) is 3.63. The first-order valence-electron chi connectivity index (χ1n) is 1.43. The molecule has 0 rings (SSSR count). The second-order valence-corrected chi connectivity index (χ2v) is 10.0. The summed E-state index contributed by atoms with van der Waals surface area (Å²) in [6.45, 7) is 0. The van der Waals surface area contributed by atoms with Gasteiger partial charge >= 0.3 is 62.0 Å². The van der Waals surface area contributed by atoms with Gasteiger partial charge < -0.3 is 0 Å². The van der Waals surface area contributed by atoms with Crippen LogP contribution in [0.3, 0.4) is 0 Å². The molecule has 6 heteroatoms. The van der Waals surface area contributed by atoms with Gasteiger partial charge in [-0.05, 0) is 0 Å². The number of rotatable bonds is 3. The van der Waals surface area contributed by atoms with Crippen molar-refractivity contribution in [1.29, 1.82) is 0 Å². The Bertz CT molecular complexity index is 96.6. The molecule has 0 aliphatic rings. The van der Waals surface area contributed by atoms with Crippen LogP contribution >= 0.6 is 0 Å². The molecule has 0 radical (unpaired) electrons. The van der Waals surface area contributed by atoms with E-state index in [0.717, 1.165) is 0 Å². The van der Waals surface area contributed by atoms with Crippen molar-refractivity contribution in [2.45, 2.75) is 0 Å². The topological polar surface area (TPSA) is 74.6 Å². The summed E-state index contributed by atoms with van der Waals surface area (Å²) >= 11 is -2.37. The molecule has 0 bridgehead atoms. The fourth-order valence-corrected chi connectivity index (χ4v) is 3.21. The zero-order chi connectivity index (χ0) is 6.57. The van der Waals surface area contributed by atoms with Gasteiger partial charge in [0, 0.05) is 0 Å². The average molecular weight is 345 g/mol. The van der Waals surface area contributed by atoms with Gasteiger partial charge in [-0.15, -0.1) is 0 Å². The molecule has 0 saturated heterocycles. The fourth-order valence-electron chi connectivity index (χ4n) is 0.0713. The summed E-state index contributed by atoms with van der Waals surface area (Å²) in [4.78, 5) is 19.5. The molecule has 46 valence electrons. The van der Waals surface area contributed by atoms with E-state index in [0.29, 0.717) is 0 Å². The molecule has 2 N–H and O–H groups in total. The van der Waals surface area contributed by atoms with E-state index < -0.39 is 42.1 Å². The van der Waals surface area contributed by atoms with Crippen molar-refractivity contribution in [3.63, 3.8) is 0 Å². The number of hydrogen-bond donors (Lipinski definition) is 2. The van der Waals surface area contributed by atoms with E-state index in [2.05, 4.69) is 0 Å². The fraction of sp³-hybridized carbons (Fsp3) is 0. The van der Waals surface area contributed by atoms with Crippen LogP contribution in [0.2, 0.25) is 0 Å². The minimum absolute atomic E-state index is 0.889. The molecule has 0 heterocycles. The van der Waals surface area contributed by atoms with Gasteiger partial charge in [-0.3, -0.25) is 0 Å². The molecule has 0 unspecified atom stereocenters. The number of carbonyl (C=O) groups is 2. The van der Waals surface area contributed by atoms with Gasteiger partial charge in [0.05, 0.1) is 0 Å². The van der Waals surface area contributed by atoms with Crippen LogP contribution in [0, 0.1) is 0 Å². The van der Waals surface area contributed by atoms with Crippen LogP contribution < -0.4 is 0 Å². The molecule has 0 aromatic heterocycles. The van der Waals surface area contributed by atoms with Crippen LogP contribution in [0.1, 0.15) is 0 Å². The zero-order valence-electron chi connectivity index (χ0n) is 3.53. The Morgan fingerprint density at radius 2 is 1.25 bits per heavy atom. The van der Waals surface area contributed by atoms with Gasteiger partial charge in [0.2, 0.25) is 0 Å². The maximum atomic E-state index is 9.73. The Balaban J connectivity index is 3.18. The van der Waals surface area contributed by atoms with Crippen molar-refractivity contribution >= 4 is 42.1 Å². The molecule has 0 fully saturated rings. The molecule has 0 saturated carbocycles. The van der Waals surface area contributed by atoms with Gasteiger partial charge in [-0.25, -0.2) is 0 Å². The molecular formula is C2H2O4Te2. The summed E-state index contributed by atoms with van der Waals surface area (Å²) < 4.78 is -1.78. The standard InChI is InChI=1S/C2H2O4Te2/c3-1(4)7-8-2(5)6/h(H,3,4)(H,5,6). The molecule has 0 aromatic rings. The van der Waals surface area contributed by atoms with E-state index in [9.17, 15) is 9.59 Å².